The smallest absolute Gasteiger partial charge is 0.0640 e. The summed E-state index contributed by atoms with van der Waals surface area (Å²) in [6.07, 6.45) is 0. The summed E-state index contributed by atoms with van der Waals surface area (Å²) in [5, 5.41) is 7.58. The molecule has 0 aliphatic rings. The number of nitrogens with zero attached hydrogens (tertiary/aromatic N) is 1. The van der Waals surface area contributed by atoms with E-state index in [2.05, 4.69) is 229 Å². The van der Waals surface area contributed by atoms with Crippen LogP contribution in [0.2, 0.25) is 0 Å². The fourth-order valence-electron chi connectivity index (χ4n) is 8.76. The number of rotatable bonds is 7. The Hall–Kier alpha value is -7.26. The molecule has 0 bridgehead atoms. The lowest BCUT2D eigenvalue weighted by Gasteiger charge is -2.29. The van der Waals surface area contributed by atoms with Crippen LogP contribution >= 0.6 is 11.3 Å². The number of hydrogen-bond donors (Lipinski definition) is 0. The van der Waals surface area contributed by atoms with Gasteiger partial charge >= 0.3 is 0 Å². The van der Waals surface area contributed by atoms with Gasteiger partial charge in [-0.2, -0.15) is 0 Å². The number of para-hydroxylation sites is 1. The normalized spacial score (nSPS) is 11.4. The monoisotopic (exact) mass is 755 g/mol. The number of hydrogen-bond acceptors (Lipinski definition) is 2. The second kappa shape index (κ2) is 14.4. The van der Waals surface area contributed by atoms with E-state index in [4.69, 9.17) is 0 Å². The Labute approximate surface area is 342 Å². The van der Waals surface area contributed by atoms with Crippen molar-refractivity contribution in [3.05, 3.63) is 224 Å². The molecule has 0 saturated carbocycles. The minimum Gasteiger partial charge on any atom is -0.308 e. The Morgan fingerprint density at radius 2 is 0.810 bits per heavy atom. The molecule has 0 radical (unpaired) electrons. The predicted molar refractivity (Wildman–Crippen MR) is 251 cm³/mol. The van der Waals surface area contributed by atoms with Crippen LogP contribution in [0.3, 0.4) is 0 Å². The largest absolute Gasteiger partial charge is 0.308 e. The van der Waals surface area contributed by atoms with E-state index in [1.165, 1.54) is 91.9 Å². The highest BCUT2D eigenvalue weighted by atomic mass is 32.1. The molecule has 11 aromatic rings. The van der Waals surface area contributed by atoms with Gasteiger partial charge in [-0.3, -0.25) is 0 Å². The summed E-state index contributed by atoms with van der Waals surface area (Å²) in [6.45, 7) is 0. The average Bonchev–Trinajstić information content (AvgIpc) is 3.69. The first-order valence-corrected chi connectivity index (χ1v) is 20.7. The molecule has 0 N–H and O–H groups in total. The molecule has 0 amide bonds. The first-order valence-electron chi connectivity index (χ1n) is 19.8. The highest BCUT2D eigenvalue weighted by Crippen LogP contribution is 2.49. The topological polar surface area (TPSA) is 3.24 Å². The van der Waals surface area contributed by atoms with Gasteiger partial charge in [0.2, 0.25) is 0 Å². The van der Waals surface area contributed by atoms with Gasteiger partial charge in [0.05, 0.1) is 16.1 Å². The molecule has 1 nitrogen and oxygen atoms in total. The van der Waals surface area contributed by atoms with E-state index >= 15 is 0 Å². The zero-order valence-corrected chi connectivity index (χ0v) is 32.5. The molecular weight excluding hydrogens is 719 g/mol. The first kappa shape index (κ1) is 34.0. The van der Waals surface area contributed by atoms with Crippen LogP contribution in [-0.2, 0) is 0 Å². The van der Waals surface area contributed by atoms with Crippen molar-refractivity contribution in [2.75, 3.05) is 4.90 Å². The summed E-state index contributed by atoms with van der Waals surface area (Å²) in [5.74, 6) is 0. The van der Waals surface area contributed by atoms with E-state index in [1.54, 1.807) is 0 Å². The maximum atomic E-state index is 2.48. The van der Waals surface area contributed by atoms with Gasteiger partial charge in [-0.05, 0) is 90.8 Å². The Balaban J connectivity index is 1.07. The van der Waals surface area contributed by atoms with E-state index in [-0.39, 0.29) is 0 Å². The maximum Gasteiger partial charge on any atom is 0.0640 e. The quantitative estimate of drug-likeness (QED) is 0.157. The minimum atomic E-state index is 1.11. The SMILES string of the molecule is c1ccc(-c2cccc3cccc(-c4ccccc4N(c4ccc(-c5ccc(-c6cccc7ccccc67)cc5)cc4)c4cccc5c4sc4ccccc45)c23)cc1. The highest BCUT2D eigenvalue weighted by molar-refractivity contribution is 7.26. The second-order valence-corrected chi connectivity index (χ2v) is 15.9. The molecule has 272 valence electrons. The third-order valence-electron chi connectivity index (χ3n) is 11.5. The van der Waals surface area contributed by atoms with Gasteiger partial charge < -0.3 is 4.90 Å². The fraction of sp³-hybridized carbons (Fsp3) is 0. The van der Waals surface area contributed by atoms with Crippen molar-refractivity contribution in [3.63, 3.8) is 0 Å². The zero-order valence-electron chi connectivity index (χ0n) is 31.7. The van der Waals surface area contributed by atoms with Crippen LogP contribution in [0.4, 0.5) is 17.1 Å². The fourth-order valence-corrected chi connectivity index (χ4v) is 9.97. The lowest BCUT2D eigenvalue weighted by atomic mass is 9.90. The molecule has 1 aromatic heterocycles. The van der Waals surface area contributed by atoms with Crippen LogP contribution in [0.1, 0.15) is 0 Å². The van der Waals surface area contributed by atoms with Gasteiger partial charge in [-0.25, -0.2) is 0 Å². The molecule has 0 aliphatic carbocycles. The van der Waals surface area contributed by atoms with Crippen molar-refractivity contribution in [2.24, 2.45) is 0 Å². The van der Waals surface area contributed by atoms with Crippen molar-refractivity contribution in [3.8, 4) is 44.5 Å². The van der Waals surface area contributed by atoms with E-state index in [0.717, 1.165) is 11.4 Å². The number of thiophene rings is 1. The average molecular weight is 756 g/mol. The summed E-state index contributed by atoms with van der Waals surface area (Å²) < 4.78 is 2.57. The Morgan fingerprint density at radius 1 is 0.293 bits per heavy atom. The molecule has 2 heteroatoms. The molecule has 0 aliphatic heterocycles. The predicted octanol–water partition coefficient (Wildman–Crippen LogP) is 16.5. The summed E-state index contributed by atoms with van der Waals surface area (Å²) in [6, 6.07) is 81.9. The third-order valence-corrected chi connectivity index (χ3v) is 12.7. The summed E-state index contributed by atoms with van der Waals surface area (Å²) in [5.41, 5.74) is 13.1. The standard InChI is InChI=1S/C56H37NS/c1-2-14-41(15-3-1)47-24-11-18-43-19-12-25-50(55(43)47)48-21-6-8-27-52(48)57(53-28-13-26-51-49-22-7-9-29-54(49)58-56(51)53)44-36-34-39(35-37-44)38-30-32-42(33-31-38)46-23-10-17-40-16-4-5-20-45(40)46/h1-37H. The van der Waals surface area contributed by atoms with Crippen molar-refractivity contribution in [1.29, 1.82) is 0 Å². The lowest BCUT2D eigenvalue weighted by molar-refractivity contribution is 1.30. The molecule has 0 saturated heterocycles. The van der Waals surface area contributed by atoms with E-state index in [1.807, 2.05) is 11.3 Å². The van der Waals surface area contributed by atoms with E-state index < -0.39 is 0 Å². The number of anilines is 3. The van der Waals surface area contributed by atoms with Gasteiger partial charge in [0.25, 0.3) is 0 Å². The van der Waals surface area contributed by atoms with Crippen LogP contribution in [0, 0.1) is 0 Å². The summed E-state index contributed by atoms with van der Waals surface area (Å²) in [7, 11) is 0. The Bertz CT molecular complexity index is 3260. The van der Waals surface area contributed by atoms with Crippen molar-refractivity contribution in [1.82, 2.24) is 0 Å². The molecule has 10 aromatic carbocycles. The van der Waals surface area contributed by atoms with Gasteiger partial charge in [-0.1, -0.05) is 194 Å². The van der Waals surface area contributed by atoms with Crippen molar-refractivity contribution < 1.29 is 0 Å². The Morgan fingerprint density at radius 3 is 1.62 bits per heavy atom. The summed E-state index contributed by atoms with van der Waals surface area (Å²) in [4.78, 5) is 2.48. The van der Waals surface area contributed by atoms with E-state index in [9.17, 15) is 0 Å². The molecule has 0 unspecified atom stereocenters. The molecule has 1 heterocycles. The van der Waals surface area contributed by atoms with Gasteiger partial charge in [0.15, 0.2) is 0 Å². The second-order valence-electron chi connectivity index (χ2n) is 14.8. The van der Waals surface area contributed by atoms with Gasteiger partial charge in [0.1, 0.15) is 0 Å². The Kier molecular flexibility index (Phi) is 8.42. The van der Waals surface area contributed by atoms with Crippen molar-refractivity contribution >= 4 is 70.1 Å². The van der Waals surface area contributed by atoms with Gasteiger partial charge in [0, 0.05) is 26.7 Å². The molecule has 58 heavy (non-hydrogen) atoms. The number of benzene rings is 10. The van der Waals surface area contributed by atoms with E-state index in [0.29, 0.717) is 0 Å². The molecule has 0 fully saturated rings. The maximum absolute atomic E-state index is 2.48. The van der Waals surface area contributed by atoms with Crippen LogP contribution in [0.15, 0.2) is 224 Å². The van der Waals surface area contributed by atoms with Crippen LogP contribution in [0.5, 0.6) is 0 Å². The van der Waals surface area contributed by atoms with Crippen LogP contribution < -0.4 is 4.90 Å². The molecular formula is C56H37NS. The van der Waals surface area contributed by atoms with Crippen LogP contribution in [-0.4, -0.2) is 0 Å². The summed E-state index contributed by atoms with van der Waals surface area (Å²) >= 11 is 1.87. The van der Waals surface area contributed by atoms with Crippen molar-refractivity contribution in [2.45, 2.75) is 0 Å². The van der Waals surface area contributed by atoms with Gasteiger partial charge in [-0.15, -0.1) is 11.3 Å². The molecule has 0 atom stereocenters. The highest BCUT2D eigenvalue weighted by Gasteiger charge is 2.22. The molecule has 0 spiro atoms. The lowest BCUT2D eigenvalue weighted by Crippen LogP contribution is -2.11. The van der Waals surface area contributed by atoms with Crippen LogP contribution in [0.25, 0.3) is 86.2 Å². The third kappa shape index (κ3) is 5.86. The molecule has 11 rings (SSSR count). The minimum absolute atomic E-state index is 1.11. The first-order chi connectivity index (χ1) is 28.8. The number of fused-ring (bicyclic) bond motifs is 5. The zero-order chi connectivity index (χ0) is 38.4.